The van der Waals surface area contributed by atoms with Crippen LogP contribution in [0.1, 0.15) is 70.6 Å². The van der Waals surface area contributed by atoms with E-state index in [-0.39, 0.29) is 29.4 Å². The first-order chi connectivity index (χ1) is 19.6. The zero-order chi connectivity index (χ0) is 28.9. The van der Waals surface area contributed by atoms with E-state index in [0.29, 0.717) is 6.61 Å². The Bertz CT molecular complexity index is 1180. The van der Waals surface area contributed by atoms with Gasteiger partial charge in [0.05, 0.1) is 18.8 Å². The Morgan fingerprint density at radius 3 is 1.95 bits per heavy atom. The second-order valence-corrected chi connectivity index (χ2v) is 15.9. The molecule has 0 amide bonds. The maximum Gasteiger partial charge on any atom is 0.168 e. The summed E-state index contributed by atoms with van der Waals surface area (Å²) in [4.78, 5) is 0. The quantitative estimate of drug-likeness (QED) is 0.281. The Morgan fingerprint density at radius 2 is 1.41 bits per heavy atom. The van der Waals surface area contributed by atoms with Crippen molar-refractivity contribution < 1.29 is 18.6 Å². The number of rotatable bonds is 10. The van der Waals surface area contributed by atoms with Gasteiger partial charge in [0.15, 0.2) is 15.6 Å². The van der Waals surface area contributed by atoms with E-state index in [9.17, 15) is 0 Å². The van der Waals surface area contributed by atoms with Gasteiger partial charge in [0.25, 0.3) is 0 Å². The topological polar surface area (TPSA) is 49.0 Å². The number of benzene rings is 3. The lowest BCUT2D eigenvalue weighted by Gasteiger charge is -2.50. The van der Waals surface area contributed by atoms with Gasteiger partial charge in [0, 0.05) is 19.0 Å². The Hall–Kier alpha value is -2.32. The Labute approximate surface area is 248 Å². The van der Waals surface area contributed by atoms with Crippen LogP contribution in [0.15, 0.2) is 91.0 Å². The fraction of sp³-hybridized carbons (Fsp3) is 0.486. The molecule has 4 atom stereocenters. The fourth-order valence-corrected chi connectivity index (χ4v) is 7.27. The predicted octanol–water partition coefficient (Wildman–Crippen LogP) is 6.50. The lowest BCUT2D eigenvalue weighted by atomic mass is 9.76. The van der Waals surface area contributed by atoms with Crippen LogP contribution >= 0.6 is 0 Å². The van der Waals surface area contributed by atoms with Crippen LogP contribution in [0.5, 0.6) is 0 Å². The highest BCUT2D eigenvalue weighted by Gasteiger charge is 2.51. The van der Waals surface area contributed by atoms with Crippen molar-refractivity contribution in [2.75, 3.05) is 6.61 Å². The minimum atomic E-state index is -0.979. The molecule has 0 bridgehead atoms. The summed E-state index contributed by atoms with van der Waals surface area (Å²) in [5.74, 6) is -0.544. The van der Waals surface area contributed by atoms with Gasteiger partial charge in [-0.05, 0) is 48.4 Å². The summed E-state index contributed by atoms with van der Waals surface area (Å²) in [6.45, 7) is 12.2. The van der Waals surface area contributed by atoms with Crippen molar-refractivity contribution in [2.24, 2.45) is 0 Å². The van der Waals surface area contributed by atoms with Crippen molar-refractivity contribution in [3.05, 3.63) is 108 Å². The second kappa shape index (κ2) is 12.9. The van der Waals surface area contributed by atoms with Gasteiger partial charge in [-0.2, -0.15) is 0 Å². The summed E-state index contributed by atoms with van der Waals surface area (Å²) in [5.41, 5.74) is 2.80. The molecule has 2 fully saturated rings. The van der Waals surface area contributed by atoms with E-state index < -0.39 is 21.2 Å². The molecule has 2 saturated heterocycles. The van der Waals surface area contributed by atoms with Crippen LogP contribution in [0.4, 0.5) is 0 Å². The summed E-state index contributed by atoms with van der Waals surface area (Å²) >= 11 is 0. The van der Waals surface area contributed by atoms with Crippen molar-refractivity contribution in [3.8, 4) is 0 Å². The largest absolute Gasteiger partial charge is 0.408 e. The second-order valence-electron chi connectivity index (χ2n) is 13.2. The minimum Gasteiger partial charge on any atom is -0.408 e. The Morgan fingerprint density at radius 1 is 0.829 bits per heavy atom. The normalized spacial score (nSPS) is 25.1. The van der Waals surface area contributed by atoms with E-state index in [1.807, 2.05) is 13.8 Å². The molecule has 2 heterocycles. The number of nitrogens with one attached hydrogen (secondary N) is 1. The van der Waals surface area contributed by atoms with Crippen molar-refractivity contribution in [1.29, 1.82) is 0 Å². The zero-order valence-corrected chi connectivity index (χ0v) is 26.8. The fourth-order valence-electron chi connectivity index (χ4n) is 6.11. The third-order valence-electron chi connectivity index (χ3n) is 8.05. The molecule has 0 aliphatic carbocycles. The van der Waals surface area contributed by atoms with E-state index in [1.165, 1.54) is 5.56 Å². The molecule has 0 saturated carbocycles. The first-order valence-electron chi connectivity index (χ1n) is 15.1. The first kappa shape index (κ1) is 30.1. The van der Waals surface area contributed by atoms with Gasteiger partial charge in [0.2, 0.25) is 0 Å². The smallest absolute Gasteiger partial charge is 0.168 e. The number of hydrogen-bond donors (Lipinski definition) is 1. The van der Waals surface area contributed by atoms with E-state index in [1.54, 1.807) is 0 Å². The van der Waals surface area contributed by atoms with Crippen molar-refractivity contribution in [2.45, 2.75) is 101 Å². The number of ether oxygens (including phenoxy) is 3. The zero-order valence-electron chi connectivity index (χ0n) is 25.3. The highest BCUT2D eigenvalue weighted by molar-refractivity contribution is 6.32. The average Bonchev–Trinajstić information content (AvgIpc) is 3.31. The summed E-state index contributed by atoms with van der Waals surface area (Å²) in [7, 11) is -0.979. The molecule has 6 heteroatoms. The van der Waals surface area contributed by atoms with Crippen molar-refractivity contribution in [1.82, 2.24) is 5.32 Å². The molecule has 41 heavy (non-hydrogen) atoms. The van der Waals surface area contributed by atoms with Gasteiger partial charge in [-0.1, -0.05) is 112 Å². The molecule has 5 nitrogen and oxygen atoms in total. The SMILES string of the molecule is CC1(C)OCC(C[C@@H]2CCC(NCc3ccccc3)[C@@H](C(O[SiH2]C(C)(C)C)(c3ccccc3)c3ccccc3)O2)O1. The van der Waals surface area contributed by atoms with Crippen LogP contribution in [0.3, 0.4) is 0 Å². The van der Waals surface area contributed by atoms with Gasteiger partial charge in [-0.3, -0.25) is 0 Å². The minimum absolute atomic E-state index is 0.0252. The lowest BCUT2D eigenvalue weighted by molar-refractivity contribution is -0.168. The van der Waals surface area contributed by atoms with Crippen LogP contribution in [-0.2, 0) is 30.8 Å². The van der Waals surface area contributed by atoms with Crippen molar-refractivity contribution >= 4 is 9.76 Å². The maximum atomic E-state index is 7.36. The first-order valence-corrected chi connectivity index (χ1v) is 16.4. The molecular weight excluding hydrogens is 526 g/mol. The summed E-state index contributed by atoms with van der Waals surface area (Å²) < 4.78 is 26.7. The Balaban J connectivity index is 1.55. The van der Waals surface area contributed by atoms with Crippen LogP contribution in [0, 0.1) is 0 Å². The lowest BCUT2D eigenvalue weighted by Crippen LogP contribution is -2.59. The standard InChI is InChI=1S/C35H47NO4Si/c1-33(2,3)41-40-35(27-17-11-7-12-18-27,28-19-13-8-14-20-28)32-31(36-24-26-15-9-6-10-16-26)22-21-29(38-32)23-30-25-37-34(4,5)39-30/h6-20,29-32,36H,21-25,41H2,1-5H3/t29-,30?,31?,32-/m0/s1. The highest BCUT2D eigenvalue weighted by Crippen LogP contribution is 2.45. The monoisotopic (exact) mass is 573 g/mol. The molecule has 5 rings (SSSR count). The molecule has 2 aliphatic rings. The van der Waals surface area contributed by atoms with E-state index in [2.05, 4.69) is 117 Å². The molecule has 220 valence electrons. The summed E-state index contributed by atoms with van der Waals surface area (Å²) in [6.07, 6.45) is 2.59. The van der Waals surface area contributed by atoms with E-state index >= 15 is 0 Å². The third-order valence-corrected chi connectivity index (χ3v) is 9.51. The molecule has 0 spiro atoms. The van der Waals surface area contributed by atoms with Crippen LogP contribution in [0.2, 0.25) is 5.04 Å². The molecule has 0 radical (unpaired) electrons. The molecule has 0 aromatic heterocycles. The van der Waals surface area contributed by atoms with Gasteiger partial charge < -0.3 is 24.0 Å². The average molecular weight is 574 g/mol. The predicted molar refractivity (Wildman–Crippen MR) is 167 cm³/mol. The van der Waals surface area contributed by atoms with Crippen LogP contribution in [0.25, 0.3) is 0 Å². The number of hydrogen-bond acceptors (Lipinski definition) is 5. The van der Waals surface area contributed by atoms with E-state index in [0.717, 1.165) is 36.9 Å². The summed E-state index contributed by atoms with van der Waals surface area (Å²) in [5, 5.41) is 4.02. The van der Waals surface area contributed by atoms with Crippen LogP contribution < -0.4 is 5.32 Å². The van der Waals surface area contributed by atoms with Gasteiger partial charge in [-0.15, -0.1) is 0 Å². The molecule has 2 aliphatic heterocycles. The third kappa shape index (κ3) is 7.55. The molecular formula is C35H47NO4Si. The molecule has 3 aromatic rings. The van der Waals surface area contributed by atoms with Gasteiger partial charge in [-0.25, -0.2) is 0 Å². The summed E-state index contributed by atoms with van der Waals surface area (Å²) in [6, 6.07) is 32.2. The highest BCUT2D eigenvalue weighted by atomic mass is 28.2. The maximum absolute atomic E-state index is 7.36. The molecule has 1 N–H and O–H groups in total. The van der Waals surface area contributed by atoms with Gasteiger partial charge in [0.1, 0.15) is 11.7 Å². The van der Waals surface area contributed by atoms with Gasteiger partial charge >= 0.3 is 0 Å². The molecule has 2 unspecified atom stereocenters. The Kier molecular flexibility index (Phi) is 9.49. The van der Waals surface area contributed by atoms with E-state index in [4.69, 9.17) is 18.6 Å². The molecule has 3 aromatic carbocycles. The van der Waals surface area contributed by atoms with Crippen molar-refractivity contribution in [3.63, 3.8) is 0 Å². The van der Waals surface area contributed by atoms with Crippen LogP contribution in [-0.4, -0.2) is 46.5 Å².